The van der Waals surface area contributed by atoms with Gasteiger partial charge in [-0.15, -0.1) is 23.0 Å². The minimum absolute atomic E-state index is 0.0352. The Labute approximate surface area is 250 Å². The van der Waals surface area contributed by atoms with Gasteiger partial charge in [0.05, 0.1) is 12.0 Å². The number of aromatic nitrogens is 3. The standard InChI is InChI=1S/C12H9ClN2O3.C12H11F3N4O6S/c13-11-10(18-8-4-2-1-3-5-8)7-6-9(12(11)14)15(16)17;1-18-10(24-2)16-19(11(18)21)9(20)17-26(22,23)8-6-4-3-5-7(8)25-12(13,14)15/h1-7H,14H2;3-6H,1-2H3,(H,17,20). The third-order valence-electron chi connectivity index (χ3n) is 5.19. The first-order valence-electron chi connectivity index (χ1n) is 11.6. The van der Waals surface area contributed by atoms with Gasteiger partial charge in [-0.05, 0) is 30.3 Å². The molecule has 15 nitrogen and oxygen atoms in total. The molecule has 20 heteroatoms. The van der Waals surface area contributed by atoms with E-state index in [-0.39, 0.29) is 32.8 Å². The van der Waals surface area contributed by atoms with Crippen molar-refractivity contribution in [2.24, 2.45) is 7.05 Å². The van der Waals surface area contributed by atoms with Crippen LogP contribution in [-0.2, 0) is 17.1 Å². The Hall–Kier alpha value is -5.30. The van der Waals surface area contributed by atoms with E-state index in [1.807, 2.05) is 6.07 Å². The molecule has 0 saturated carbocycles. The van der Waals surface area contributed by atoms with Gasteiger partial charge in [-0.2, -0.15) is 0 Å². The Morgan fingerprint density at radius 1 is 1.07 bits per heavy atom. The molecule has 0 unspecified atom stereocenters. The summed E-state index contributed by atoms with van der Waals surface area (Å²) in [5, 5.41) is 14.1. The minimum Gasteiger partial charge on any atom is -0.467 e. The van der Waals surface area contributed by atoms with E-state index in [0.717, 1.165) is 35.9 Å². The number of methoxy groups -OCH3 is 1. The fourth-order valence-corrected chi connectivity index (χ4v) is 4.50. The number of halogens is 4. The van der Waals surface area contributed by atoms with Crippen LogP contribution in [0.2, 0.25) is 5.02 Å². The zero-order valence-corrected chi connectivity index (χ0v) is 23.9. The zero-order chi connectivity index (χ0) is 32.8. The molecule has 0 radical (unpaired) electrons. The highest BCUT2D eigenvalue weighted by molar-refractivity contribution is 7.90. The molecule has 4 aromatic rings. The first-order valence-corrected chi connectivity index (χ1v) is 13.5. The van der Waals surface area contributed by atoms with E-state index >= 15 is 0 Å². The number of para-hydroxylation sites is 2. The number of hydrogen-bond acceptors (Lipinski definition) is 11. The molecular weight excluding hydrogens is 641 g/mol. The van der Waals surface area contributed by atoms with Crippen molar-refractivity contribution in [3.05, 3.63) is 92.4 Å². The Morgan fingerprint density at radius 2 is 1.68 bits per heavy atom. The van der Waals surface area contributed by atoms with Crippen molar-refractivity contribution in [3.63, 3.8) is 0 Å². The van der Waals surface area contributed by atoms with Gasteiger partial charge in [0.25, 0.3) is 15.7 Å². The van der Waals surface area contributed by atoms with Crippen molar-refractivity contribution in [2.45, 2.75) is 11.3 Å². The molecule has 0 bridgehead atoms. The van der Waals surface area contributed by atoms with E-state index in [4.69, 9.17) is 26.8 Å². The summed E-state index contributed by atoms with van der Waals surface area (Å²) < 4.78 is 77.9. The number of ether oxygens (including phenoxy) is 3. The van der Waals surface area contributed by atoms with Crippen molar-refractivity contribution in [3.8, 4) is 23.3 Å². The summed E-state index contributed by atoms with van der Waals surface area (Å²) in [7, 11) is -2.45. The molecule has 4 rings (SSSR count). The summed E-state index contributed by atoms with van der Waals surface area (Å²) in [5.74, 6) is -0.190. The second kappa shape index (κ2) is 13.3. The largest absolute Gasteiger partial charge is 0.573 e. The van der Waals surface area contributed by atoms with Crippen molar-refractivity contribution in [2.75, 3.05) is 12.8 Å². The number of rotatable bonds is 7. The molecule has 1 aromatic heterocycles. The normalized spacial score (nSPS) is 11.1. The number of nitrogens with one attached hydrogen (secondary N) is 1. The van der Waals surface area contributed by atoms with Gasteiger partial charge >= 0.3 is 24.1 Å². The van der Waals surface area contributed by atoms with Crippen LogP contribution in [0.5, 0.6) is 23.3 Å². The summed E-state index contributed by atoms with van der Waals surface area (Å²) >= 11 is 5.94. The van der Waals surface area contributed by atoms with Gasteiger partial charge in [0, 0.05) is 13.1 Å². The molecule has 3 aromatic carbocycles. The molecule has 44 heavy (non-hydrogen) atoms. The molecule has 234 valence electrons. The SMILES string of the molecule is COc1nn(C(=O)NS(=O)(=O)c2ccccc2OC(F)(F)F)c(=O)n1C.Nc1c([N+](=O)[O-])ccc(Oc2ccccc2)c1Cl. The molecule has 0 aliphatic heterocycles. The minimum atomic E-state index is -5.15. The molecule has 0 saturated heterocycles. The van der Waals surface area contributed by atoms with Crippen LogP contribution in [0.4, 0.5) is 29.3 Å². The van der Waals surface area contributed by atoms with Crippen LogP contribution < -0.4 is 30.4 Å². The summed E-state index contributed by atoms with van der Waals surface area (Å²) in [6.45, 7) is 0. The number of nitrogens with two attached hydrogens (primary N) is 1. The molecule has 1 heterocycles. The van der Waals surface area contributed by atoms with Gasteiger partial charge in [0.2, 0.25) is 0 Å². The van der Waals surface area contributed by atoms with Gasteiger partial charge < -0.3 is 19.9 Å². The maximum atomic E-state index is 12.4. The number of alkyl halides is 3. The van der Waals surface area contributed by atoms with Crippen LogP contribution in [-0.4, -0.2) is 47.2 Å². The summed E-state index contributed by atoms with van der Waals surface area (Å²) in [5.41, 5.74) is 4.21. The van der Waals surface area contributed by atoms with E-state index in [1.54, 1.807) is 24.3 Å². The van der Waals surface area contributed by atoms with E-state index in [2.05, 4.69) is 9.84 Å². The smallest absolute Gasteiger partial charge is 0.467 e. The van der Waals surface area contributed by atoms with Gasteiger partial charge in [-0.1, -0.05) is 41.9 Å². The first-order chi connectivity index (χ1) is 20.6. The number of sulfonamides is 1. The Balaban J connectivity index is 0.000000257. The lowest BCUT2D eigenvalue weighted by molar-refractivity contribution is -0.383. The fraction of sp³-hybridized carbons (Fsp3) is 0.125. The van der Waals surface area contributed by atoms with Crippen LogP contribution >= 0.6 is 11.6 Å². The quantitative estimate of drug-likeness (QED) is 0.164. The second-order valence-corrected chi connectivity index (χ2v) is 10.2. The van der Waals surface area contributed by atoms with Crippen molar-refractivity contribution >= 4 is 39.0 Å². The lowest BCUT2D eigenvalue weighted by Gasteiger charge is -2.13. The number of hydrogen-bond donors (Lipinski definition) is 2. The number of carbonyl (C=O) groups is 1. The highest BCUT2D eigenvalue weighted by Crippen LogP contribution is 2.38. The number of nitro benzene ring substituents is 1. The molecule has 1 amide bonds. The van der Waals surface area contributed by atoms with E-state index in [0.29, 0.717) is 5.75 Å². The Kier molecular flexibility index (Phi) is 10.1. The zero-order valence-electron chi connectivity index (χ0n) is 22.3. The monoisotopic (exact) mass is 660 g/mol. The van der Waals surface area contributed by atoms with Crippen LogP contribution in [0.3, 0.4) is 0 Å². The molecule has 0 aliphatic carbocycles. The topological polar surface area (TPSA) is 200 Å². The fourth-order valence-electron chi connectivity index (χ4n) is 3.24. The third-order valence-corrected chi connectivity index (χ3v) is 6.94. The lowest BCUT2D eigenvalue weighted by atomic mass is 10.2. The summed E-state index contributed by atoms with van der Waals surface area (Å²) in [6.07, 6.45) is -5.15. The molecule has 0 aliphatic rings. The highest BCUT2D eigenvalue weighted by Gasteiger charge is 2.34. The first kappa shape index (κ1) is 33.2. The maximum Gasteiger partial charge on any atom is 0.573 e. The molecule has 3 N–H and O–H groups in total. The lowest BCUT2D eigenvalue weighted by Crippen LogP contribution is -2.40. The predicted octanol–water partition coefficient (Wildman–Crippen LogP) is 4.06. The van der Waals surface area contributed by atoms with Gasteiger partial charge in [-0.3, -0.25) is 10.1 Å². The van der Waals surface area contributed by atoms with Gasteiger partial charge in [0.15, 0.2) is 0 Å². The van der Waals surface area contributed by atoms with E-state index < -0.39 is 43.7 Å². The molecule has 0 atom stereocenters. The number of nitro groups is 1. The van der Waals surface area contributed by atoms with Crippen LogP contribution in [0.1, 0.15) is 0 Å². The number of amides is 1. The predicted molar refractivity (Wildman–Crippen MR) is 147 cm³/mol. The molecular formula is C24H20ClF3N6O9S. The molecule has 0 spiro atoms. The van der Waals surface area contributed by atoms with Crippen LogP contribution in [0, 0.1) is 10.1 Å². The summed E-state index contributed by atoms with van der Waals surface area (Å²) in [6, 6.07) is 13.6. The maximum absolute atomic E-state index is 12.4. The average Bonchev–Trinajstić information content (AvgIpc) is 3.24. The Morgan fingerprint density at radius 3 is 2.25 bits per heavy atom. The number of carbonyl (C=O) groups excluding carboxylic acids is 1. The number of anilines is 1. The highest BCUT2D eigenvalue weighted by atomic mass is 35.5. The molecule has 0 fully saturated rings. The van der Waals surface area contributed by atoms with Crippen molar-refractivity contribution in [1.82, 2.24) is 19.1 Å². The Bertz CT molecular complexity index is 1850. The average molecular weight is 661 g/mol. The van der Waals surface area contributed by atoms with Gasteiger partial charge in [-0.25, -0.2) is 27.3 Å². The van der Waals surface area contributed by atoms with Gasteiger partial charge in [0.1, 0.15) is 32.9 Å². The number of nitrogen functional groups attached to an aromatic ring is 1. The van der Waals surface area contributed by atoms with Crippen LogP contribution in [0.15, 0.2) is 76.4 Å². The number of benzene rings is 3. The third kappa shape index (κ3) is 7.95. The van der Waals surface area contributed by atoms with E-state index in [1.165, 1.54) is 23.9 Å². The number of nitrogens with zero attached hydrogens (tertiary/aromatic N) is 4. The van der Waals surface area contributed by atoms with E-state index in [9.17, 15) is 41.3 Å². The second-order valence-electron chi connectivity index (χ2n) is 8.13. The van der Waals surface area contributed by atoms with Crippen molar-refractivity contribution < 1.29 is 45.5 Å². The summed E-state index contributed by atoms with van der Waals surface area (Å²) in [4.78, 5) is 33.0. The van der Waals surface area contributed by atoms with Crippen molar-refractivity contribution in [1.29, 1.82) is 0 Å². The van der Waals surface area contributed by atoms with Crippen LogP contribution in [0.25, 0.3) is 0 Å².